The van der Waals surface area contributed by atoms with Gasteiger partial charge in [-0.15, -0.1) is 0 Å². The normalized spacial score (nSPS) is 14.7. The summed E-state index contributed by atoms with van der Waals surface area (Å²) in [5, 5.41) is 3.85. The molecule has 3 rings (SSSR count). The van der Waals surface area contributed by atoms with Crippen LogP contribution in [0.1, 0.15) is 22.3 Å². The monoisotopic (exact) mass is 299 g/mol. The summed E-state index contributed by atoms with van der Waals surface area (Å²) in [7, 11) is 1.67. The van der Waals surface area contributed by atoms with Gasteiger partial charge in [-0.1, -0.05) is 18.2 Å². The predicted molar refractivity (Wildman–Crippen MR) is 85.8 cm³/mol. The van der Waals surface area contributed by atoms with Gasteiger partial charge in [0, 0.05) is 18.5 Å². The molecule has 0 bridgehead atoms. The summed E-state index contributed by atoms with van der Waals surface area (Å²) in [4.78, 5) is 14.2. The van der Waals surface area contributed by atoms with Crippen molar-refractivity contribution in [1.29, 1.82) is 0 Å². The molecule has 0 fully saturated rings. The van der Waals surface area contributed by atoms with E-state index in [9.17, 15) is 4.79 Å². The Morgan fingerprint density at radius 2 is 2.05 bits per heavy atom. The summed E-state index contributed by atoms with van der Waals surface area (Å²) in [5.41, 5.74) is 3.30. The van der Waals surface area contributed by atoms with E-state index in [0.29, 0.717) is 6.54 Å². The summed E-state index contributed by atoms with van der Waals surface area (Å²) < 4.78 is 5.18. The van der Waals surface area contributed by atoms with E-state index in [0.717, 1.165) is 24.3 Å². The molecule has 0 atom stereocenters. The summed E-state index contributed by atoms with van der Waals surface area (Å²) >= 11 is 1.56. The smallest absolute Gasteiger partial charge is 0.254 e. The Hall–Kier alpha value is -2.07. The average Bonchev–Trinajstić information content (AvgIpc) is 3.09. The van der Waals surface area contributed by atoms with Crippen molar-refractivity contribution < 1.29 is 9.53 Å². The summed E-state index contributed by atoms with van der Waals surface area (Å²) in [6, 6.07) is 9.97. The summed E-state index contributed by atoms with van der Waals surface area (Å²) in [6.07, 6.45) is 3.04. The zero-order valence-corrected chi connectivity index (χ0v) is 12.7. The van der Waals surface area contributed by atoms with Gasteiger partial charge in [0.05, 0.1) is 12.7 Å². The second-order valence-electron chi connectivity index (χ2n) is 4.97. The Balaban J connectivity index is 1.70. The fraction of sp³-hybridized carbons (Fsp3) is 0.235. The topological polar surface area (TPSA) is 29.5 Å². The van der Waals surface area contributed by atoms with Gasteiger partial charge in [0.25, 0.3) is 5.91 Å². The number of benzene rings is 1. The first-order valence-corrected chi connectivity index (χ1v) is 7.87. The molecule has 0 N–H and O–H groups in total. The maximum atomic E-state index is 12.3. The van der Waals surface area contributed by atoms with Crippen molar-refractivity contribution in [2.24, 2.45) is 0 Å². The minimum absolute atomic E-state index is 0.126. The number of carbonyl (C=O) groups is 1. The van der Waals surface area contributed by atoms with Crippen molar-refractivity contribution in [2.45, 2.75) is 6.42 Å². The van der Waals surface area contributed by atoms with Crippen molar-refractivity contribution in [3.8, 4) is 5.75 Å². The van der Waals surface area contributed by atoms with Crippen molar-refractivity contribution in [3.05, 3.63) is 58.3 Å². The first-order chi connectivity index (χ1) is 10.3. The van der Waals surface area contributed by atoms with Gasteiger partial charge in [0.1, 0.15) is 5.75 Å². The number of amides is 1. The molecule has 4 heteroatoms. The lowest BCUT2D eigenvalue weighted by Crippen LogP contribution is -2.34. The van der Waals surface area contributed by atoms with E-state index in [2.05, 4.69) is 18.2 Å². The lowest BCUT2D eigenvalue weighted by Gasteiger charge is -2.26. The highest BCUT2D eigenvalue weighted by Crippen LogP contribution is 2.25. The molecule has 1 aromatic heterocycles. The zero-order chi connectivity index (χ0) is 14.7. The molecular weight excluding hydrogens is 282 g/mol. The van der Waals surface area contributed by atoms with Crippen LogP contribution in [-0.4, -0.2) is 31.0 Å². The molecule has 0 spiro atoms. The van der Waals surface area contributed by atoms with E-state index in [1.165, 1.54) is 11.1 Å². The standard InChI is InChI=1S/C17H17NO2S/c1-20-16-4-2-13(3-5-16)14-6-9-18(10-7-14)17(19)15-8-11-21-12-15/h2-6,8,11-12H,7,9-10H2,1H3. The molecule has 0 saturated heterocycles. The number of hydrogen-bond acceptors (Lipinski definition) is 3. The van der Waals surface area contributed by atoms with Crippen LogP contribution in [-0.2, 0) is 0 Å². The second kappa shape index (κ2) is 6.14. The van der Waals surface area contributed by atoms with Gasteiger partial charge in [-0.3, -0.25) is 4.79 Å². The number of hydrogen-bond donors (Lipinski definition) is 0. The number of thiophene rings is 1. The maximum absolute atomic E-state index is 12.3. The van der Waals surface area contributed by atoms with Gasteiger partial charge in [-0.25, -0.2) is 0 Å². The van der Waals surface area contributed by atoms with Crippen LogP contribution in [0.2, 0.25) is 0 Å². The van der Waals surface area contributed by atoms with Crippen LogP contribution in [0.15, 0.2) is 47.2 Å². The Morgan fingerprint density at radius 1 is 1.24 bits per heavy atom. The van der Waals surface area contributed by atoms with Gasteiger partial charge < -0.3 is 9.64 Å². The van der Waals surface area contributed by atoms with E-state index >= 15 is 0 Å². The van der Waals surface area contributed by atoms with Gasteiger partial charge in [-0.2, -0.15) is 11.3 Å². The number of rotatable bonds is 3. The van der Waals surface area contributed by atoms with Crippen LogP contribution in [0.3, 0.4) is 0 Å². The molecule has 0 aliphatic carbocycles. The number of ether oxygens (including phenoxy) is 1. The third kappa shape index (κ3) is 3.00. The molecule has 0 radical (unpaired) electrons. The van der Waals surface area contributed by atoms with E-state index in [1.54, 1.807) is 18.4 Å². The van der Waals surface area contributed by atoms with Crippen LogP contribution in [0.25, 0.3) is 5.57 Å². The maximum Gasteiger partial charge on any atom is 0.254 e. The molecular formula is C17H17NO2S. The molecule has 1 aromatic carbocycles. The van der Waals surface area contributed by atoms with Crippen molar-refractivity contribution >= 4 is 22.8 Å². The first-order valence-electron chi connectivity index (χ1n) is 6.93. The summed E-state index contributed by atoms with van der Waals surface area (Å²) in [5.74, 6) is 0.991. The van der Waals surface area contributed by atoms with Crippen LogP contribution < -0.4 is 4.74 Å². The van der Waals surface area contributed by atoms with Crippen molar-refractivity contribution in [1.82, 2.24) is 4.90 Å². The van der Waals surface area contributed by atoms with E-state index in [1.807, 2.05) is 33.9 Å². The lowest BCUT2D eigenvalue weighted by molar-refractivity contribution is 0.0773. The minimum Gasteiger partial charge on any atom is -0.497 e. The van der Waals surface area contributed by atoms with Crippen LogP contribution >= 0.6 is 11.3 Å². The largest absolute Gasteiger partial charge is 0.497 e. The first kappa shape index (κ1) is 13.9. The zero-order valence-electron chi connectivity index (χ0n) is 11.9. The highest BCUT2D eigenvalue weighted by Gasteiger charge is 2.19. The number of nitrogens with zero attached hydrogens (tertiary/aromatic N) is 1. The quantitative estimate of drug-likeness (QED) is 0.865. The van der Waals surface area contributed by atoms with Crippen LogP contribution in [0.4, 0.5) is 0 Å². The Kier molecular flexibility index (Phi) is 4.06. The Bertz CT molecular complexity index is 644. The Labute approximate surface area is 128 Å². The van der Waals surface area contributed by atoms with Crippen molar-refractivity contribution in [3.63, 3.8) is 0 Å². The van der Waals surface area contributed by atoms with Gasteiger partial charge in [-0.05, 0) is 41.1 Å². The highest BCUT2D eigenvalue weighted by atomic mass is 32.1. The van der Waals surface area contributed by atoms with Gasteiger partial charge in [0.15, 0.2) is 0 Å². The molecule has 2 heterocycles. The molecule has 2 aromatic rings. The second-order valence-corrected chi connectivity index (χ2v) is 5.75. The molecule has 1 aliphatic heterocycles. The van der Waals surface area contributed by atoms with E-state index < -0.39 is 0 Å². The number of methoxy groups -OCH3 is 1. The van der Waals surface area contributed by atoms with E-state index in [4.69, 9.17) is 4.74 Å². The van der Waals surface area contributed by atoms with Crippen molar-refractivity contribution in [2.75, 3.05) is 20.2 Å². The highest BCUT2D eigenvalue weighted by molar-refractivity contribution is 7.08. The predicted octanol–water partition coefficient (Wildman–Crippen LogP) is 3.69. The summed E-state index contributed by atoms with van der Waals surface area (Å²) in [6.45, 7) is 1.45. The van der Waals surface area contributed by atoms with Gasteiger partial charge in [0.2, 0.25) is 0 Å². The molecule has 21 heavy (non-hydrogen) atoms. The van der Waals surface area contributed by atoms with E-state index in [-0.39, 0.29) is 5.91 Å². The average molecular weight is 299 g/mol. The SMILES string of the molecule is COc1ccc(C2=CCN(C(=O)c3ccsc3)CC2)cc1. The Morgan fingerprint density at radius 3 is 2.62 bits per heavy atom. The third-order valence-electron chi connectivity index (χ3n) is 3.73. The molecule has 0 unspecified atom stereocenters. The lowest BCUT2D eigenvalue weighted by atomic mass is 9.99. The number of carbonyl (C=O) groups excluding carboxylic acids is 1. The fourth-order valence-corrected chi connectivity index (χ4v) is 3.12. The van der Waals surface area contributed by atoms with Crippen LogP contribution in [0.5, 0.6) is 5.75 Å². The van der Waals surface area contributed by atoms with Crippen LogP contribution in [0, 0.1) is 0 Å². The fourth-order valence-electron chi connectivity index (χ4n) is 2.49. The molecule has 1 amide bonds. The molecule has 1 aliphatic rings. The molecule has 3 nitrogen and oxygen atoms in total. The molecule has 108 valence electrons. The third-order valence-corrected chi connectivity index (χ3v) is 4.41. The molecule has 0 saturated carbocycles. The van der Waals surface area contributed by atoms with Gasteiger partial charge >= 0.3 is 0 Å². The minimum atomic E-state index is 0.126.